The first-order valence-electron chi connectivity index (χ1n) is 20.1. The number of carbonyl (C=O) groups excluding carboxylic acids is 3. The third-order valence-corrected chi connectivity index (χ3v) is 12.8. The number of halogens is 1. The lowest BCUT2D eigenvalue weighted by Gasteiger charge is -2.63. The number of carbonyl (C=O) groups is 3. The minimum atomic E-state index is -0.854. The third-order valence-electron chi connectivity index (χ3n) is 12.5. The number of imide groups is 1. The normalized spacial score (nSPS) is 22.9. The second-order valence-corrected chi connectivity index (χ2v) is 17.8. The van der Waals surface area contributed by atoms with Crippen molar-refractivity contribution in [3.63, 3.8) is 0 Å². The van der Waals surface area contributed by atoms with Gasteiger partial charge in [-0.05, 0) is 80.7 Å². The Bertz CT molecular complexity index is 2470. The molecule has 4 aliphatic rings. The Hall–Kier alpha value is -5.83. The molecule has 3 amide bonds. The maximum atomic E-state index is 13.4. The Labute approximate surface area is 347 Å². The van der Waals surface area contributed by atoms with Gasteiger partial charge in [-0.15, -0.1) is 5.10 Å². The third kappa shape index (κ3) is 7.87. The van der Waals surface area contributed by atoms with Crippen LogP contribution in [0.5, 0.6) is 5.75 Å². The first-order chi connectivity index (χ1) is 28.2. The zero-order valence-corrected chi connectivity index (χ0v) is 34.3. The summed E-state index contributed by atoms with van der Waals surface area (Å²) in [5.41, 5.74) is 1.75. The van der Waals surface area contributed by atoms with E-state index < -0.39 is 17.5 Å². The van der Waals surface area contributed by atoms with Crippen LogP contribution >= 0.6 is 11.6 Å². The van der Waals surface area contributed by atoms with E-state index in [-0.39, 0.29) is 53.5 Å². The van der Waals surface area contributed by atoms with E-state index in [1.807, 2.05) is 12.1 Å². The summed E-state index contributed by atoms with van der Waals surface area (Å²) in [6, 6.07) is 15.2. The summed E-state index contributed by atoms with van der Waals surface area (Å²) < 4.78 is 7.45. The summed E-state index contributed by atoms with van der Waals surface area (Å²) in [5, 5.41) is 23.6. The van der Waals surface area contributed by atoms with Crippen LogP contribution in [0.3, 0.4) is 0 Å². The quantitative estimate of drug-likeness (QED) is 0.189. The average molecular weight is 816 g/mol. The first-order valence-corrected chi connectivity index (χ1v) is 20.4. The van der Waals surface area contributed by atoms with E-state index in [1.54, 1.807) is 42.6 Å². The number of hydrogen-bond acceptors (Lipinski definition) is 11. The van der Waals surface area contributed by atoms with Crippen LogP contribution in [0.1, 0.15) is 81.0 Å². The number of hydrogen-bond donors (Lipinski definition) is 2. The molecular formula is C44H46ClN9O5. The van der Waals surface area contributed by atoms with Gasteiger partial charge in [-0.1, -0.05) is 50.4 Å². The fourth-order valence-corrected chi connectivity index (χ4v) is 9.68. The molecule has 2 aromatic heterocycles. The van der Waals surface area contributed by atoms with Gasteiger partial charge in [0, 0.05) is 72.7 Å². The van der Waals surface area contributed by atoms with Crippen molar-refractivity contribution < 1.29 is 19.1 Å². The molecule has 304 valence electrons. The van der Waals surface area contributed by atoms with Crippen LogP contribution in [-0.2, 0) is 9.59 Å². The predicted molar refractivity (Wildman–Crippen MR) is 221 cm³/mol. The van der Waals surface area contributed by atoms with Crippen molar-refractivity contribution in [3.05, 3.63) is 86.9 Å². The molecule has 8 rings (SSSR count). The molecule has 1 saturated carbocycles. The van der Waals surface area contributed by atoms with Gasteiger partial charge in [0.15, 0.2) is 0 Å². The highest BCUT2D eigenvalue weighted by atomic mass is 35.5. The lowest BCUT2D eigenvalue weighted by atomic mass is 9.49. The lowest BCUT2D eigenvalue weighted by molar-refractivity contribution is -0.164. The predicted octanol–water partition coefficient (Wildman–Crippen LogP) is 4.50. The number of piperidine rings is 2. The fourth-order valence-electron chi connectivity index (χ4n) is 9.47. The largest absolute Gasteiger partial charge is 0.489 e. The number of pyridine rings is 1. The maximum Gasteiger partial charge on any atom is 0.278 e. The van der Waals surface area contributed by atoms with Crippen LogP contribution < -0.4 is 25.8 Å². The van der Waals surface area contributed by atoms with E-state index in [0.717, 1.165) is 55.9 Å². The molecular weight excluding hydrogens is 770 g/mol. The van der Waals surface area contributed by atoms with Gasteiger partial charge in [-0.3, -0.25) is 24.5 Å². The van der Waals surface area contributed by atoms with Gasteiger partial charge >= 0.3 is 0 Å². The summed E-state index contributed by atoms with van der Waals surface area (Å²) in [6.07, 6.45) is 3.70. The molecule has 0 bridgehead atoms. The second-order valence-electron chi connectivity index (χ2n) is 17.4. The topological polar surface area (TPSA) is 175 Å². The van der Waals surface area contributed by atoms with E-state index in [1.165, 1.54) is 0 Å². The minimum Gasteiger partial charge on any atom is -0.489 e. The van der Waals surface area contributed by atoms with E-state index in [2.05, 4.69) is 81.3 Å². The number of rotatable bonds is 8. The number of ether oxygens (including phenoxy) is 1. The van der Waals surface area contributed by atoms with Crippen molar-refractivity contribution in [1.29, 1.82) is 5.26 Å². The minimum absolute atomic E-state index is 0.150. The zero-order valence-electron chi connectivity index (χ0n) is 33.5. The highest BCUT2D eigenvalue weighted by Gasteiger charge is 2.64. The van der Waals surface area contributed by atoms with Crippen LogP contribution in [0, 0.1) is 45.8 Å². The lowest BCUT2D eigenvalue weighted by Crippen LogP contribution is -2.74. The molecule has 1 unspecified atom stereocenters. The number of amides is 3. The molecule has 0 spiro atoms. The average Bonchev–Trinajstić information content (AvgIpc) is 3.20. The first kappa shape index (κ1) is 40.0. The Morgan fingerprint density at radius 1 is 1.02 bits per heavy atom. The van der Waals surface area contributed by atoms with Gasteiger partial charge in [-0.2, -0.15) is 9.94 Å². The van der Waals surface area contributed by atoms with Crippen molar-refractivity contribution in [2.75, 3.05) is 37.6 Å². The van der Waals surface area contributed by atoms with Gasteiger partial charge in [0.2, 0.25) is 5.91 Å². The summed E-state index contributed by atoms with van der Waals surface area (Å²) in [4.78, 5) is 59.9. The van der Waals surface area contributed by atoms with Crippen LogP contribution in [0.15, 0.2) is 59.5 Å². The number of nitrogens with zero attached hydrogens (tertiary/aromatic N) is 7. The number of anilines is 1. The number of likely N-dealkylation sites (tertiary alicyclic amines) is 1. The van der Waals surface area contributed by atoms with Crippen molar-refractivity contribution in [2.45, 2.75) is 71.6 Å². The SMILES string of the molecule is CC1(C)C(NC(=O)c2ccc(C#CC3CCN(CC4CN(c5ccc6nnn(C7CCC(=O)NC7=O)c(=O)c6c5)C4)CC3)nc2)C(C)(C)C1Oc1ccc(C#N)c(Cl)c1. The molecule has 2 aromatic carbocycles. The molecule has 2 N–H and O–H groups in total. The Kier molecular flexibility index (Phi) is 10.7. The summed E-state index contributed by atoms with van der Waals surface area (Å²) in [7, 11) is 0. The molecule has 14 nitrogen and oxygen atoms in total. The molecule has 1 aliphatic carbocycles. The summed E-state index contributed by atoms with van der Waals surface area (Å²) in [6.45, 7) is 13.0. The van der Waals surface area contributed by atoms with Gasteiger partial charge in [0.05, 0.1) is 21.5 Å². The van der Waals surface area contributed by atoms with Crippen molar-refractivity contribution in [2.24, 2.45) is 22.7 Å². The highest BCUT2D eigenvalue weighted by Crippen LogP contribution is 2.55. The smallest absolute Gasteiger partial charge is 0.278 e. The molecule has 5 heterocycles. The Morgan fingerprint density at radius 2 is 1.78 bits per heavy atom. The number of nitriles is 1. The van der Waals surface area contributed by atoms with Gasteiger partial charge in [0.1, 0.15) is 35.2 Å². The number of nitrogens with one attached hydrogen (secondary N) is 2. The van der Waals surface area contributed by atoms with Crippen LogP contribution in [0.25, 0.3) is 10.9 Å². The van der Waals surface area contributed by atoms with Gasteiger partial charge in [0.25, 0.3) is 17.4 Å². The van der Waals surface area contributed by atoms with Gasteiger partial charge < -0.3 is 19.9 Å². The van der Waals surface area contributed by atoms with Crippen LogP contribution in [0.2, 0.25) is 5.02 Å². The van der Waals surface area contributed by atoms with E-state index >= 15 is 0 Å². The number of benzene rings is 2. The molecule has 0 radical (unpaired) electrons. The number of aromatic nitrogens is 4. The number of fused-ring (bicyclic) bond motifs is 1. The summed E-state index contributed by atoms with van der Waals surface area (Å²) >= 11 is 6.24. The van der Waals surface area contributed by atoms with Crippen LogP contribution in [0.4, 0.5) is 5.69 Å². The van der Waals surface area contributed by atoms with E-state index in [9.17, 15) is 24.4 Å². The summed E-state index contributed by atoms with van der Waals surface area (Å²) in [5.74, 6) is 6.92. The van der Waals surface area contributed by atoms with Crippen molar-refractivity contribution in [1.82, 2.24) is 35.5 Å². The highest BCUT2D eigenvalue weighted by molar-refractivity contribution is 6.31. The molecule has 4 fully saturated rings. The van der Waals surface area contributed by atoms with Crippen LogP contribution in [-0.4, -0.2) is 87.5 Å². The standard InChI is InChI=1S/C44H46ClN9O5/c1-43(2)41(44(3,4)42(43)59-32-11-7-28(21-46)34(45)20-32)49-38(56)29-6-9-30(47-22-29)8-5-26-15-17-52(18-16-26)23-27-24-53(25-27)31-10-12-35-33(19-31)40(58)54(51-50-35)36-13-14-37(55)48-39(36)57/h6-7,9-12,19-20,22,26-27,36,41-42H,13-18,23-25H2,1-4H3,(H,49,56)(H,48,55,57). The van der Waals surface area contributed by atoms with E-state index in [0.29, 0.717) is 44.4 Å². The molecule has 59 heavy (non-hydrogen) atoms. The Balaban J connectivity index is 0.791. The Morgan fingerprint density at radius 3 is 2.46 bits per heavy atom. The molecule has 3 saturated heterocycles. The maximum absolute atomic E-state index is 13.4. The van der Waals surface area contributed by atoms with E-state index in [4.69, 9.17) is 16.3 Å². The van der Waals surface area contributed by atoms with Crippen molar-refractivity contribution >= 4 is 45.9 Å². The second kappa shape index (κ2) is 15.7. The molecule has 1 atom stereocenters. The molecule has 3 aliphatic heterocycles. The molecule has 15 heteroatoms. The molecule has 4 aromatic rings. The fraction of sp³-hybridized carbons (Fsp3) is 0.455. The zero-order chi connectivity index (χ0) is 41.6. The van der Waals surface area contributed by atoms with Gasteiger partial charge in [-0.25, -0.2) is 4.98 Å². The monoisotopic (exact) mass is 815 g/mol. The van der Waals surface area contributed by atoms with Crippen molar-refractivity contribution in [3.8, 4) is 23.7 Å².